The number of nitrogens with zero attached hydrogens (tertiary/aromatic N) is 1. The molecule has 0 saturated carbocycles. The fourth-order valence-electron chi connectivity index (χ4n) is 1.97. The van der Waals surface area contributed by atoms with Gasteiger partial charge >= 0.3 is 0 Å². The molecule has 0 bridgehead atoms. The van der Waals surface area contributed by atoms with Gasteiger partial charge in [-0.1, -0.05) is 24.1 Å². The van der Waals surface area contributed by atoms with E-state index in [1.807, 2.05) is 7.05 Å². The van der Waals surface area contributed by atoms with Gasteiger partial charge in [0.15, 0.2) is 0 Å². The van der Waals surface area contributed by atoms with Crippen LogP contribution in [-0.2, 0) is 19.6 Å². The molecule has 0 aliphatic carbocycles. The summed E-state index contributed by atoms with van der Waals surface area (Å²) in [5.41, 5.74) is 4.20. The summed E-state index contributed by atoms with van der Waals surface area (Å²) < 4.78 is 0. The van der Waals surface area contributed by atoms with Crippen LogP contribution in [-0.4, -0.2) is 18.5 Å². The summed E-state index contributed by atoms with van der Waals surface area (Å²) in [7, 11) is 2.05. The summed E-state index contributed by atoms with van der Waals surface area (Å²) in [6.45, 7) is 3.64. The number of fused-ring (bicyclic) bond motifs is 1. The maximum atomic E-state index is 5.27. The molecule has 78 valence electrons. The van der Waals surface area contributed by atoms with Crippen molar-refractivity contribution in [3.8, 4) is 12.3 Å². The van der Waals surface area contributed by atoms with Gasteiger partial charge in [-0.3, -0.25) is 4.90 Å². The number of benzene rings is 1. The Morgan fingerprint density at radius 2 is 2.20 bits per heavy atom. The van der Waals surface area contributed by atoms with Crippen molar-refractivity contribution in [3.05, 3.63) is 34.9 Å². The Labute approximate surface area is 91.3 Å². The molecule has 1 aliphatic rings. The third kappa shape index (κ3) is 2.38. The fraction of sp³-hybridized carbons (Fsp3) is 0.385. The Morgan fingerprint density at radius 3 is 3.00 bits per heavy atom. The molecule has 15 heavy (non-hydrogen) atoms. The average molecular weight is 200 g/mol. The standard InChI is InChI=1S/C13H16N2/c1-3-6-15(2)10-11-4-5-12-8-14-9-13(12)7-11/h1,4-5,7,14H,6,8-10H2,2H3. The van der Waals surface area contributed by atoms with Gasteiger partial charge in [-0.05, 0) is 23.7 Å². The minimum Gasteiger partial charge on any atom is -0.309 e. The molecular weight excluding hydrogens is 184 g/mol. The Hall–Kier alpha value is -1.30. The second-order valence-electron chi connectivity index (χ2n) is 4.08. The highest BCUT2D eigenvalue weighted by Gasteiger charge is 2.10. The molecule has 0 radical (unpaired) electrons. The van der Waals surface area contributed by atoms with E-state index in [0.717, 1.165) is 19.6 Å². The first-order chi connectivity index (χ1) is 7.29. The molecule has 1 N–H and O–H groups in total. The Balaban J connectivity index is 2.07. The molecule has 0 fully saturated rings. The first-order valence-electron chi connectivity index (χ1n) is 5.23. The minimum absolute atomic E-state index is 0.704. The molecular formula is C13H16N2. The average Bonchev–Trinajstić information content (AvgIpc) is 2.65. The van der Waals surface area contributed by atoms with Crippen LogP contribution in [0.1, 0.15) is 16.7 Å². The van der Waals surface area contributed by atoms with E-state index in [1.165, 1.54) is 16.7 Å². The van der Waals surface area contributed by atoms with Gasteiger partial charge in [-0.15, -0.1) is 6.42 Å². The van der Waals surface area contributed by atoms with Crippen molar-refractivity contribution in [2.75, 3.05) is 13.6 Å². The topological polar surface area (TPSA) is 15.3 Å². The molecule has 1 aliphatic heterocycles. The van der Waals surface area contributed by atoms with E-state index in [-0.39, 0.29) is 0 Å². The smallest absolute Gasteiger partial charge is 0.0599 e. The largest absolute Gasteiger partial charge is 0.309 e. The molecule has 0 amide bonds. The zero-order chi connectivity index (χ0) is 10.7. The van der Waals surface area contributed by atoms with Crippen molar-refractivity contribution in [3.63, 3.8) is 0 Å². The van der Waals surface area contributed by atoms with Gasteiger partial charge in [0.1, 0.15) is 0 Å². The lowest BCUT2D eigenvalue weighted by atomic mass is 10.1. The van der Waals surface area contributed by atoms with Crippen LogP contribution in [0, 0.1) is 12.3 Å². The van der Waals surface area contributed by atoms with Crippen LogP contribution in [0.4, 0.5) is 0 Å². The highest BCUT2D eigenvalue weighted by molar-refractivity contribution is 5.34. The Morgan fingerprint density at radius 1 is 1.40 bits per heavy atom. The lowest BCUT2D eigenvalue weighted by molar-refractivity contribution is 0.369. The van der Waals surface area contributed by atoms with Gasteiger partial charge in [0, 0.05) is 19.6 Å². The van der Waals surface area contributed by atoms with E-state index in [2.05, 4.69) is 34.3 Å². The van der Waals surface area contributed by atoms with Crippen LogP contribution in [0.2, 0.25) is 0 Å². The van der Waals surface area contributed by atoms with Gasteiger partial charge in [0.2, 0.25) is 0 Å². The molecule has 1 heterocycles. The van der Waals surface area contributed by atoms with Crippen LogP contribution < -0.4 is 5.32 Å². The molecule has 0 unspecified atom stereocenters. The number of hydrogen-bond donors (Lipinski definition) is 1. The minimum atomic E-state index is 0.704. The van der Waals surface area contributed by atoms with Crippen molar-refractivity contribution in [2.45, 2.75) is 19.6 Å². The van der Waals surface area contributed by atoms with Crippen LogP contribution >= 0.6 is 0 Å². The molecule has 2 rings (SSSR count). The van der Waals surface area contributed by atoms with Crippen molar-refractivity contribution < 1.29 is 0 Å². The third-order valence-electron chi connectivity index (χ3n) is 2.72. The zero-order valence-electron chi connectivity index (χ0n) is 9.09. The lowest BCUT2D eigenvalue weighted by Crippen LogP contribution is -2.17. The van der Waals surface area contributed by atoms with Crippen LogP contribution in [0.3, 0.4) is 0 Å². The molecule has 2 nitrogen and oxygen atoms in total. The van der Waals surface area contributed by atoms with Gasteiger partial charge in [0.25, 0.3) is 0 Å². The number of rotatable bonds is 3. The number of nitrogens with one attached hydrogen (secondary N) is 1. The van der Waals surface area contributed by atoms with Crippen molar-refractivity contribution in [2.24, 2.45) is 0 Å². The summed E-state index contributed by atoms with van der Waals surface area (Å²) in [5.74, 6) is 2.65. The number of hydrogen-bond acceptors (Lipinski definition) is 2. The molecule has 0 saturated heterocycles. The second kappa shape index (κ2) is 4.48. The summed E-state index contributed by atoms with van der Waals surface area (Å²) in [5, 5.41) is 3.35. The van der Waals surface area contributed by atoms with Crippen LogP contribution in [0.15, 0.2) is 18.2 Å². The van der Waals surface area contributed by atoms with Crippen molar-refractivity contribution >= 4 is 0 Å². The van der Waals surface area contributed by atoms with E-state index in [0.29, 0.717) is 6.54 Å². The van der Waals surface area contributed by atoms with E-state index in [4.69, 9.17) is 6.42 Å². The first-order valence-corrected chi connectivity index (χ1v) is 5.23. The maximum Gasteiger partial charge on any atom is 0.0599 e. The van der Waals surface area contributed by atoms with Gasteiger partial charge in [0.05, 0.1) is 6.54 Å². The SMILES string of the molecule is C#CCN(C)Cc1ccc2c(c1)CNC2. The zero-order valence-corrected chi connectivity index (χ0v) is 9.09. The normalized spacial score (nSPS) is 13.9. The van der Waals surface area contributed by atoms with Crippen LogP contribution in [0.25, 0.3) is 0 Å². The van der Waals surface area contributed by atoms with E-state index in [1.54, 1.807) is 0 Å². The predicted octanol–water partition coefficient (Wildman–Crippen LogP) is 1.35. The molecule has 1 aromatic rings. The number of terminal acetylenes is 1. The summed E-state index contributed by atoms with van der Waals surface area (Å²) in [6, 6.07) is 6.69. The molecule has 1 aromatic carbocycles. The van der Waals surface area contributed by atoms with Crippen molar-refractivity contribution in [1.82, 2.24) is 10.2 Å². The summed E-state index contributed by atoms with van der Waals surface area (Å²) >= 11 is 0. The molecule has 0 atom stereocenters. The summed E-state index contributed by atoms with van der Waals surface area (Å²) in [6.07, 6.45) is 5.27. The fourth-order valence-corrected chi connectivity index (χ4v) is 1.97. The van der Waals surface area contributed by atoms with Crippen LogP contribution in [0.5, 0.6) is 0 Å². The van der Waals surface area contributed by atoms with Gasteiger partial charge in [-0.2, -0.15) is 0 Å². The highest BCUT2D eigenvalue weighted by Crippen LogP contribution is 2.17. The molecule has 2 heteroatoms. The third-order valence-corrected chi connectivity index (χ3v) is 2.72. The second-order valence-corrected chi connectivity index (χ2v) is 4.08. The Bertz CT molecular complexity index is 390. The first kappa shape index (κ1) is 10.2. The molecule has 0 aromatic heterocycles. The Kier molecular flexibility index (Phi) is 3.05. The lowest BCUT2D eigenvalue weighted by Gasteiger charge is -2.13. The maximum absolute atomic E-state index is 5.27. The van der Waals surface area contributed by atoms with Gasteiger partial charge < -0.3 is 5.32 Å². The quantitative estimate of drug-likeness (QED) is 0.741. The van der Waals surface area contributed by atoms with E-state index >= 15 is 0 Å². The van der Waals surface area contributed by atoms with E-state index in [9.17, 15) is 0 Å². The van der Waals surface area contributed by atoms with Crippen molar-refractivity contribution in [1.29, 1.82) is 0 Å². The molecule has 0 spiro atoms. The predicted molar refractivity (Wildman–Crippen MR) is 62.2 cm³/mol. The monoisotopic (exact) mass is 200 g/mol. The summed E-state index contributed by atoms with van der Waals surface area (Å²) in [4.78, 5) is 2.14. The highest BCUT2D eigenvalue weighted by atomic mass is 15.1. The van der Waals surface area contributed by atoms with E-state index < -0.39 is 0 Å². The van der Waals surface area contributed by atoms with Gasteiger partial charge in [-0.25, -0.2) is 0 Å².